The maximum Gasteiger partial charge on any atom is 0.287 e. The van der Waals surface area contributed by atoms with Gasteiger partial charge in [0.15, 0.2) is 0 Å². The van der Waals surface area contributed by atoms with Gasteiger partial charge in [0.1, 0.15) is 17.4 Å². The van der Waals surface area contributed by atoms with Crippen molar-refractivity contribution in [3.63, 3.8) is 0 Å². The minimum absolute atomic E-state index is 0.0314. The monoisotopic (exact) mass is 327 g/mol. The summed E-state index contributed by atoms with van der Waals surface area (Å²) in [7, 11) is 1.57. The van der Waals surface area contributed by atoms with Crippen LogP contribution in [0.3, 0.4) is 0 Å². The van der Waals surface area contributed by atoms with E-state index in [-0.39, 0.29) is 17.3 Å². The molecule has 0 aliphatic heterocycles. The lowest BCUT2D eigenvalue weighted by Gasteiger charge is -2.22. The van der Waals surface area contributed by atoms with Gasteiger partial charge in [-0.3, -0.25) is 10.1 Å². The topological polar surface area (TPSA) is 108 Å². The quantitative estimate of drug-likeness (QED) is 0.623. The van der Waals surface area contributed by atoms with Gasteiger partial charge in [0, 0.05) is 11.8 Å². The number of benzene rings is 2. The Kier molecular flexibility index (Phi) is 5.35. The molecule has 0 amide bonds. The summed E-state index contributed by atoms with van der Waals surface area (Å²) in [5.74, 6) is 0.695. The lowest BCUT2D eigenvalue weighted by molar-refractivity contribution is -0.385. The van der Waals surface area contributed by atoms with E-state index in [9.17, 15) is 15.2 Å². The fourth-order valence-electron chi connectivity index (χ4n) is 2.31. The summed E-state index contributed by atoms with van der Waals surface area (Å²) in [6, 6.07) is 12.7. The highest BCUT2D eigenvalue weighted by Crippen LogP contribution is 2.25. The number of hydrogen-bond acceptors (Lipinski definition) is 6. The van der Waals surface area contributed by atoms with Crippen molar-refractivity contribution in [3.8, 4) is 11.8 Å². The lowest BCUT2D eigenvalue weighted by Crippen LogP contribution is -2.24. The third-order valence-corrected chi connectivity index (χ3v) is 3.64. The van der Waals surface area contributed by atoms with Crippen LogP contribution in [0, 0.1) is 21.4 Å². The van der Waals surface area contributed by atoms with E-state index in [2.05, 4.69) is 5.32 Å². The first kappa shape index (κ1) is 17.2. The van der Waals surface area contributed by atoms with Crippen LogP contribution in [0.1, 0.15) is 24.2 Å². The molecular weight excluding hydrogens is 310 g/mol. The number of methoxy groups -OCH3 is 1. The summed E-state index contributed by atoms with van der Waals surface area (Å²) in [6.45, 7) is 1.78. The smallest absolute Gasteiger partial charge is 0.287 e. The molecule has 0 spiro atoms. The van der Waals surface area contributed by atoms with Gasteiger partial charge in [-0.15, -0.1) is 0 Å². The first-order valence-electron chi connectivity index (χ1n) is 7.23. The zero-order valence-corrected chi connectivity index (χ0v) is 13.3. The summed E-state index contributed by atoms with van der Waals surface area (Å²) in [4.78, 5) is 10.2. The Bertz CT molecular complexity index is 768. The Labute approximate surface area is 139 Å². The average molecular weight is 327 g/mol. The third kappa shape index (κ3) is 3.80. The molecule has 0 heterocycles. The van der Waals surface area contributed by atoms with Gasteiger partial charge < -0.3 is 15.2 Å². The first-order valence-corrected chi connectivity index (χ1v) is 7.23. The van der Waals surface area contributed by atoms with E-state index in [0.29, 0.717) is 17.0 Å². The van der Waals surface area contributed by atoms with E-state index >= 15 is 0 Å². The molecule has 0 aliphatic rings. The van der Waals surface area contributed by atoms with Crippen molar-refractivity contribution in [3.05, 3.63) is 63.7 Å². The number of nitrogens with zero attached hydrogens (tertiary/aromatic N) is 2. The molecule has 2 aromatic carbocycles. The molecule has 7 heteroatoms. The van der Waals surface area contributed by atoms with Crippen LogP contribution in [0.25, 0.3) is 0 Å². The highest BCUT2D eigenvalue weighted by atomic mass is 16.6. The molecule has 7 nitrogen and oxygen atoms in total. The maximum atomic E-state index is 10.8. The maximum absolute atomic E-state index is 10.8. The molecule has 2 rings (SSSR count). The Morgan fingerprint density at radius 1 is 1.29 bits per heavy atom. The van der Waals surface area contributed by atoms with Crippen molar-refractivity contribution in [1.29, 1.82) is 5.26 Å². The number of aliphatic hydroxyl groups is 1. The van der Waals surface area contributed by atoms with Crippen LogP contribution in [0.15, 0.2) is 42.5 Å². The van der Waals surface area contributed by atoms with Crippen molar-refractivity contribution in [2.24, 2.45) is 0 Å². The molecule has 0 saturated heterocycles. The van der Waals surface area contributed by atoms with Crippen LogP contribution in [-0.4, -0.2) is 23.2 Å². The fourth-order valence-corrected chi connectivity index (χ4v) is 2.31. The Morgan fingerprint density at radius 2 is 1.96 bits per heavy atom. The van der Waals surface area contributed by atoms with Gasteiger partial charge in [0.25, 0.3) is 5.69 Å². The fraction of sp³-hybridized carbons (Fsp3) is 0.235. The minimum atomic E-state index is -0.795. The number of hydrogen-bond donors (Lipinski definition) is 2. The Hall–Kier alpha value is -3.11. The van der Waals surface area contributed by atoms with E-state index in [1.165, 1.54) is 18.2 Å². The van der Waals surface area contributed by atoms with Crippen molar-refractivity contribution < 1.29 is 14.8 Å². The van der Waals surface area contributed by atoms with Crippen LogP contribution in [-0.2, 0) is 0 Å². The number of ether oxygens (including phenoxy) is 1. The molecule has 0 saturated carbocycles. The molecule has 124 valence electrons. The zero-order valence-electron chi connectivity index (χ0n) is 13.3. The largest absolute Gasteiger partial charge is 0.497 e. The molecule has 0 aliphatic carbocycles. The molecule has 0 fully saturated rings. The van der Waals surface area contributed by atoms with Gasteiger partial charge in [0.05, 0.1) is 24.2 Å². The molecule has 2 N–H and O–H groups in total. The summed E-state index contributed by atoms with van der Waals surface area (Å²) in [5.41, 5.74) is 0.956. The van der Waals surface area contributed by atoms with Crippen molar-refractivity contribution in [2.45, 2.75) is 19.1 Å². The highest BCUT2D eigenvalue weighted by molar-refractivity contribution is 5.59. The molecule has 0 aromatic heterocycles. The second-order valence-electron chi connectivity index (χ2n) is 5.25. The predicted molar refractivity (Wildman–Crippen MR) is 88.8 cm³/mol. The van der Waals surface area contributed by atoms with Gasteiger partial charge in [-0.2, -0.15) is 5.26 Å². The summed E-state index contributed by atoms with van der Waals surface area (Å²) in [5, 5.41) is 33.3. The van der Waals surface area contributed by atoms with Crippen LogP contribution in [0.5, 0.6) is 5.75 Å². The second-order valence-corrected chi connectivity index (χ2v) is 5.25. The van der Waals surface area contributed by atoms with Crippen molar-refractivity contribution >= 4 is 11.4 Å². The van der Waals surface area contributed by atoms with Gasteiger partial charge in [-0.25, -0.2) is 0 Å². The van der Waals surface area contributed by atoms with Crippen LogP contribution in [0.4, 0.5) is 11.4 Å². The number of nitriles is 1. The number of nitro benzene ring substituents is 1. The molecule has 24 heavy (non-hydrogen) atoms. The number of aliphatic hydroxyl groups excluding tert-OH is 1. The molecule has 2 atom stereocenters. The standard InChI is InChI=1S/C17H17N3O4/c1-11(17(21)12-3-6-15(24-2)7-4-12)19-14-5-8-16(20(22)23)13(9-14)10-18/h3-9,11,17,19,21H,1-2H3/t11-,17+/m0/s1. The molecular formula is C17H17N3O4. The SMILES string of the molecule is COc1ccc([C@H](O)[C@H](C)Nc2ccc([N+](=O)[O-])c(C#N)c2)cc1. The van der Waals surface area contributed by atoms with Crippen LogP contribution in [0.2, 0.25) is 0 Å². The number of nitrogens with one attached hydrogen (secondary N) is 1. The van der Waals surface area contributed by atoms with Crippen molar-refractivity contribution in [1.82, 2.24) is 0 Å². The minimum Gasteiger partial charge on any atom is -0.497 e. The number of nitro groups is 1. The predicted octanol–water partition coefficient (Wildman–Crippen LogP) is 3.01. The molecule has 0 unspecified atom stereocenters. The van der Waals surface area contributed by atoms with E-state index < -0.39 is 11.0 Å². The number of rotatable bonds is 6. The van der Waals surface area contributed by atoms with Gasteiger partial charge in [-0.1, -0.05) is 12.1 Å². The Balaban J connectivity index is 2.14. The van der Waals surface area contributed by atoms with E-state index in [4.69, 9.17) is 10.00 Å². The average Bonchev–Trinajstić information content (AvgIpc) is 2.60. The molecule has 0 radical (unpaired) electrons. The van der Waals surface area contributed by atoms with Crippen molar-refractivity contribution in [2.75, 3.05) is 12.4 Å². The number of anilines is 1. The highest BCUT2D eigenvalue weighted by Gasteiger charge is 2.18. The normalized spacial score (nSPS) is 12.8. The van der Waals surface area contributed by atoms with Crippen LogP contribution >= 0.6 is 0 Å². The van der Waals surface area contributed by atoms with Crippen LogP contribution < -0.4 is 10.1 Å². The lowest BCUT2D eigenvalue weighted by atomic mass is 10.0. The van der Waals surface area contributed by atoms with E-state index in [1.54, 1.807) is 44.4 Å². The van der Waals surface area contributed by atoms with E-state index in [1.807, 2.05) is 0 Å². The molecule has 2 aromatic rings. The summed E-state index contributed by atoms with van der Waals surface area (Å²) in [6.07, 6.45) is -0.795. The third-order valence-electron chi connectivity index (χ3n) is 3.64. The van der Waals surface area contributed by atoms with Gasteiger partial charge >= 0.3 is 0 Å². The molecule has 0 bridgehead atoms. The summed E-state index contributed by atoms with van der Waals surface area (Å²) < 4.78 is 5.08. The Morgan fingerprint density at radius 3 is 2.50 bits per heavy atom. The van der Waals surface area contributed by atoms with E-state index in [0.717, 1.165) is 0 Å². The van der Waals surface area contributed by atoms with Gasteiger partial charge in [0.2, 0.25) is 0 Å². The zero-order chi connectivity index (χ0) is 17.7. The first-order chi connectivity index (χ1) is 11.5. The second kappa shape index (κ2) is 7.44. The summed E-state index contributed by atoms with van der Waals surface area (Å²) >= 11 is 0. The van der Waals surface area contributed by atoms with Gasteiger partial charge in [-0.05, 0) is 36.8 Å².